The highest BCUT2D eigenvalue weighted by molar-refractivity contribution is 5.96. The molecule has 4 heteroatoms. The molecule has 0 unspecified atom stereocenters. The second-order valence-electron chi connectivity index (χ2n) is 7.12. The van der Waals surface area contributed by atoms with Crippen molar-refractivity contribution < 1.29 is 9.59 Å². The van der Waals surface area contributed by atoms with Gasteiger partial charge in [0, 0.05) is 30.3 Å². The van der Waals surface area contributed by atoms with Gasteiger partial charge in [-0.2, -0.15) is 0 Å². The first-order chi connectivity index (χ1) is 12.5. The van der Waals surface area contributed by atoms with Gasteiger partial charge < -0.3 is 10.2 Å². The first-order valence-electron chi connectivity index (χ1n) is 9.19. The Balaban J connectivity index is 1.60. The van der Waals surface area contributed by atoms with Gasteiger partial charge >= 0.3 is 0 Å². The van der Waals surface area contributed by atoms with E-state index < -0.39 is 0 Å². The number of carbonyl (C=O) groups is 2. The van der Waals surface area contributed by atoms with Crippen molar-refractivity contribution in [1.29, 1.82) is 0 Å². The number of hydrogen-bond donors (Lipinski definition) is 1. The van der Waals surface area contributed by atoms with Gasteiger partial charge in [0.15, 0.2) is 0 Å². The van der Waals surface area contributed by atoms with Crippen LogP contribution in [0.5, 0.6) is 0 Å². The molecule has 1 aliphatic heterocycles. The zero-order chi connectivity index (χ0) is 18.7. The summed E-state index contributed by atoms with van der Waals surface area (Å²) in [5.41, 5.74) is 4.90. The molecular weight excluding hydrogens is 324 g/mol. The van der Waals surface area contributed by atoms with E-state index in [0.29, 0.717) is 25.9 Å². The van der Waals surface area contributed by atoms with E-state index in [2.05, 4.69) is 5.32 Å². The van der Waals surface area contributed by atoms with Crippen molar-refractivity contribution in [2.45, 2.75) is 33.6 Å². The van der Waals surface area contributed by atoms with Crippen LogP contribution in [0.2, 0.25) is 0 Å². The van der Waals surface area contributed by atoms with E-state index in [4.69, 9.17) is 0 Å². The molecule has 2 aromatic carbocycles. The van der Waals surface area contributed by atoms with Crippen molar-refractivity contribution in [3.05, 3.63) is 64.7 Å². The Morgan fingerprint density at radius 1 is 0.923 bits per heavy atom. The number of amides is 2. The first-order valence-corrected chi connectivity index (χ1v) is 9.19. The van der Waals surface area contributed by atoms with Crippen LogP contribution < -0.4 is 5.32 Å². The zero-order valence-electron chi connectivity index (χ0n) is 15.7. The first kappa shape index (κ1) is 18.2. The van der Waals surface area contributed by atoms with Crippen LogP contribution in [0.3, 0.4) is 0 Å². The highest BCUT2D eigenvalue weighted by Crippen LogP contribution is 2.24. The molecule has 2 aromatic rings. The molecule has 1 N–H and O–H groups in total. The summed E-state index contributed by atoms with van der Waals surface area (Å²) in [6.45, 7) is 7.27. The molecule has 0 radical (unpaired) electrons. The lowest BCUT2D eigenvalue weighted by atomic mass is 9.94. The average Bonchev–Trinajstić information content (AvgIpc) is 2.65. The van der Waals surface area contributed by atoms with E-state index in [1.807, 2.05) is 68.1 Å². The summed E-state index contributed by atoms with van der Waals surface area (Å²) >= 11 is 0. The smallest absolute Gasteiger partial charge is 0.254 e. The van der Waals surface area contributed by atoms with Gasteiger partial charge in [0.25, 0.3) is 5.91 Å². The monoisotopic (exact) mass is 350 g/mol. The van der Waals surface area contributed by atoms with E-state index in [1.54, 1.807) is 0 Å². The highest BCUT2D eigenvalue weighted by Gasteiger charge is 2.28. The lowest BCUT2D eigenvalue weighted by Crippen LogP contribution is -2.41. The number of carbonyl (C=O) groups excluding carboxylic acids is 2. The van der Waals surface area contributed by atoms with Gasteiger partial charge in [-0.05, 0) is 62.4 Å². The van der Waals surface area contributed by atoms with Crippen LogP contribution in [-0.4, -0.2) is 29.8 Å². The Kier molecular flexibility index (Phi) is 5.40. The summed E-state index contributed by atoms with van der Waals surface area (Å²) in [4.78, 5) is 27.2. The van der Waals surface area contributed by atoms with Crippen LogP contribution in [0, 0.1) is 26.7 Å². The fraction of sp³-hybridized carbons (Fsp3) is 0.364. The molecule has 26 heavy (non-hydrogen) atoms. The molecule has 4 nitrogen and oxygen atoms in total. The van der Waals surface area contributed by atoms with Gasteiger partial charge in [-0.15, -0.1) is 0 Å². The van der Waals surface area contributed by atoms with E-state index in [-0.39, 0.29) is 17.7 Å². The third-order valence-electron chi connectivity index (χ3n) is 5.39. The summed E-state index contributed by atoms with van der Waals surface area (Å²) < 4.78 is 0. The van der Waals surface area contributed by atoms with Crippen molar-refractivity contribution in [3.63, 3.8) is 0 Å². The number of likely N-dealkylation sites (tertiary alicyclic amines) is 1. The Morgan fingerprint density at radius 3 is 2.27 bits per heavy atom. The summed E-state index contributed by atoms with van der Waals surface area (Å²) in [7, 11) is 0. The fourth-order valence-corrected chi connectivity index (χ4v) is 3.45. The molecule has 136 valence electrons. The van der Waals surface area contributed by atoms with E-state index in [1.165, 1.54) is 5.56 Å². The number of nitrogens with zero attached hydrogens (tertiary/aromatic N) is 1. The Labute approximate surface area is 155 Å². The van der Waals surface area contributed by atoms with Crippen molar-refractivity contribution in [2.24, 2.45) is 5.92 Å². The number of hydrogen-bond acceptors (Lipinski definition) is 2. The van der Waals surface area contributed by atoms with Crippen molar-refractivity contribution in [2.75, 3.05) is 18.4 Å². The molecule has 1 saturated heterocycles. The van der Waals surface area contributed by atoms with E-state index >= 15 is 0 Å². The maximum Gasteiger partial charge on any atom is 0.254 e. The minimum atomic E-state index is -0.0455. The van der Waals surface area contributed by atoms with Crippen LogP contribution in [0.4, 0.5) is 5.69 Å². The molecule has 0 aromatic heterocycles. The largest absolute Gasteiger partial charge is 0.339 e. The number of aryl methyl sites for hydroxylation is 2. The molecule has 1 fully saturated rings. The number of benzene rings is 2. The number of anilines is 1. The van der Waals surface area contributed by atoms with Crippen LogP contribution in [0.25, 0.3) is 0 Å². The van der Waals surface area contributed by atoms with Gasteiger partial charge in [-0.25, -0.2) is 0 Å². The number of rotatable bonds is 3. The van der Waals surface area contributed by atoms with Crippen LogP contribution in [0.15, 0.2) is 42.5 Å². The van der Waals surface area contributed by atoms with Gasteiger partial charge in [-0.1, -0.05) is 30.3 Å². The maximum absolute atomic E-state index is 12.7. The molecule has 1 heterocycles. The second-order valence-corrected chi connectivity index (χ2v) is 7.12. The fourth-order valence-electron chi connectivity index (χ4n) is 3.45. The molecule has 0 saturated carbocycles. The average molecular weight is 350 g/mol. The molecule has 3 rings (SSSR count). The summed E-state index contributed by atoms with van der Waals surface area (Å²) in [6.07, 6.45) is 1.41. The molecule has 2 amide bonds. The SMILES string of the molecule is Cc1ccccc1C(=O)N1CCC(C(=O)Nc2cccc(C)c2C)CC1. The summed E-state index contributed by atoms with van der Waals surface area (Å²) in [5.74, 6) is 0.0778. The van der Waals surface area contributed by atoms with Crippen molar-refractivity contribution >= 4 is 17.5 Å². The molecule has 0 bridgehead atoms. The predicted octanol–water partition coefficient (Wildman–Crippen LogP) is 4.10. The second kappa shape index (κ2) is 7.73. The molecular formula is C22H26N2O2. The predicted molar refractivity (Wildman–Crippen MR) is 104 cm³/mol. The molecule has 0 atom stereocenters. The lowest BCUT2D eigenvalue weighted by molar-refractivity contribution is -0.121. The zero-order valence-corrected chi connectivity index (χ0v) is 15.7. The van der Waals surface area contributed by atoms with Crippen LogP contribution >= 0.6 is 0 Å². The summed E-state index contributed by atoms with van der Waals surface area (Å²) in [6, 6.07) is 13.6. The van der Waals surface area contributed by atoms with Gasteiger partial charge in [0.05, 0.1) is 0 Å². The maximum atomic E-state index is 12.7. The normalized spacial score (nSPS) is 15.0. The Morgan fingerprint density at radius 2 is 1.58 bits per heavy atom. The Hall–Kier alpha value is -2.62. The Bertz CT molecular complexity index is 821. The standard InChI is InChI=1S/C22H26N2O2/c1-15-8-6-10-20(17(15)3)23-21(25)18-11-13-24(14-12-18)22(26)19-9-5-4-7-16(19)2/h4-10,18H,11-14H2,1-3H3,(H,23,25). The minimum Gasteiger partial charge on any atom is -0.339 e. The van der Waals surface area contributed by atoms with Crippen molar-refractivity contribution in [3.8, 4) is 0 Å². The van der Waals surface area contributed by atoms with Gasteiger partial charge in [0.2, 0.25) is 5.91 Å². The quantitative estimate of drug-likeness (QED) is 0.906. The van der Waals surface area contributed by atoms with Gasteiger partial charge in [-0.3, -0.25) is 9.59 Å². The third-order valence-corrected chi connectivity index (χ3v) is 5.39. The molecule has 0 spiro atoms. The summed E-state index contributed by atoms with van der Waals surface area (Å²) in [5, 5.41) is 3.06. The highest BCUT2D eigenvalue weighted by atomic mass is 16.2. The van der Waals surface area contributed by atoms with Crippen LogP contribution in [-0.2, 0) is 4.79 Å². The third kappa shape index (κ3) is 3.79. The van der Waals surface area contributed by atoms with E-state index in [9.17, 15) is 9.59 Å². The van der Waals surface area contributed by atoms with Gasteiger partial charge in [0.1, 0.15) is 0 Å². The number of piperidine rings is 1. The number of nitrogens with one attached hydrogen (secondary N) is 1. The minimum absolute atomic E-state index is 0.0455. The van der Waals surface area contributed by atoms with Crippen LogP contribution in [0.1, 0.15) is 39.9 Å². The molecule has 0 aliphatic carbocycles. The van der Waals surface area contributed by atoms with Crippen molar-refractivity contribution in [1.82, 2.24) is 4.90 Å². The molecule has 1 aliphatic rings. The van der Waals surface area contributed by atoms with E-state index in [0.717, 1.165) is 22.4 Å². The lowest BCUT2D eigenvalue weighted by Gasteiger charge is -2.32. The topological polar surface area (TPSA) is 49.4 Å².